The summed E-state index contributed by atoms with van der Waals surface area (Å²) in [5, 5.41) is 3.87. The highest BCUT2D eigenvalue weighted by molar-refractivity contribution is 5.85. The van der Waals surface area contributed by atoms with E-state index in [0.29, 0.717) is 6.07 Å². The molecule has 0 aliphatic heterocycles. The highest BCUT2D eigenvalue weighted by atomic mass is 19.4. The van der Waals surface area contributed by atoms with Crippen molar-refractivity contribution in [3.05, 3.63) is 42.0 Å². The minimum atomic E-state index is -4.68. The monoisotopic (exact) mass is 409 g/mol. The molecule has 0 fully saturated rings. The first-order chi connectivity index (χ1) is 12.9. The summed E-state index contributed by atoms with van der Waals surface area (Å²) < 4.78 is 76.9. The Hall–Kier alpha value is -3.18. The number of hydrogen-bond acceptors (Lipinski definition) is 5. The number of nitrogens with zero attached hydrogens (tertiary/aromatic N) is 3. The van der Waals surface area contributed by atoms with Gasteiger partial charge in [0.15, 0.2) is 5.82 Å². The third kappa shape index (κ3) is 8.01. The molecule has 1 aromatic carbocycles. The maximum absolute atomic E-state index is 13.4. The second-order valence-corrected chi connectivity index (χ2v) is 5.30. The molecule has 0 aliphatic carbocycles. The molecule has 0 saturated heterocycles. The van der Waals surface area contributed by atoms with Crippen LogP contribution in [0.3, 0.4) is 0 Å². The van der Waals surface area contributed by atoms with Crippen LogP contribution >= 0.6 is 0 Å². The molecule has 1 aromatic heterocycles. The van der Waals surface area contributed by atoms with Crippen LogP contribution in [-0.4, -0.2) is 33.1 Å². The van der Waals surface area contributed by atoms with Gasteiger partial charge in [0.05, 0.1) is 11.7 Å². The quantitative estimate of drug-likeness (QED) is 0.320. The van der Waals surface area contributed by atoms with Gasteiger partial charge in [0, 0.05) is 17.8 Å². The molecule has 0 unspecified atom stereocenters. The van der Waals surface area contributed by atoms with Gasteiger partial charge in [-0.1, -0.05) is 0 Å². The number of alkyl halides is 3. The van der Waals surface area contributed by atoms with E-state index in [4.69, 9.17) is 9.53 Å². The van der Waals surface area contributed by atoms with Gasteiger partial charge in [-0.3, -0.25) is 0 Å². The Morgan fingerprint density at radius 2 is 1.79 bits per heavy atom. The predicted octanol–water partition coefficient (Wildman–Crippen LogP) is 4.57. The van der Waals surface area contributed by atoms with Crippen LogP contribution in [0.5, 0.6) is 0 Å². The summed E-state index contributed by atoms with van der Waals surface area (Å²) in [4.78, 5) is 23.3. The van der Waals surface area contributed by atoms with Crippen LogP contribution in [0.1, 0.15) is 19.4 Å². The Morgan fingerprint density at radius 1 is 1.18 bits per heavy atom. The van der Waals surface area contributed by atoms with E-state index < -0.39 is 29.8 Å². The van der Waals surface area contributed by atoms with Crippen LogP contribution < -0.4 is 0 Å². The van der Waals surface area contributed by atoms with E-state index in [2.05, 4.69) is 10.1 Å². The molecular formula is C16H13F6N3O3. The summed E-state index contributed by atoms with van der Waals surface area (Å²) in [6, 6.07) is 2.04. The fraction of sp³-hybridized carbons (Fsp3) is 0.250. The number of benzene rings is 1. The predicted molar refractivity (Wildman–Crippen MR) is 84.6 cm³/mol. The summed E-state index contributed by atoms with van der Waals surface area (Å²) in [6.07, 6.45) is -4.32. The second-order valence-electron chi connectivity index (χ2n) is 5.30. The van der Waals surface area contributed by atoms with Gasteiger partial charge in [-0.2, -0.15) is 13.2 Å². The largest absolute Gasteiger partial charge is 0.483 e. The van der Waals surface area contributed by atoms with E-state index in [0.717, 1.165) is 22.9 Å². The minimum Gasteiger partial charge on any atom is -0.460 e. The highest BCUT2D eigenvalue weighted by Crippen LogP contribution is 2.32. The first-order valence-corrected chi connectivity index (χ1v) is 7.41. The van der Waals surface area contributed by atoms with Crippen molar-refractivity contribution < 1.29 is 40.7 Å². The number of ether oxygens (including phenoxy) is 1. The smallest absolute Gasteiger partial charge is 0.460 e. The number of rotatable bonds is 4. The van der Waals surface area contributed by atoms with Crippen molar-refractivity contribution in [1.29, 1.82) is 0 Å². The number of carbonyl (C=O) groups excluding carboxylic acids is 2. The van der Waals surface area contributed by atoms with Gasteiger partial charge in [-0.25, -0.2) is 23.6 Å². The molecule has 152 valence electrons. The molecule has 0 N–H and O–H groups in total. The second kappa shape index (κ2) is 9.67. The molecule has 2 aromatic rings. The van der Waals surface area contributed by atoms with Crippen LogP contribution in [0.2, 0.25) is 0 Å². The van der Waals surface area contributed by atoms with E-state index in [9.17, 15) is 31.1 Å². The number of aromatic nitrogens is 3. The number of hydrogen-bond donors (Lipinski definition) is 0. The number of carbonyl (C=O) groups is 2. The van der Waals surface area contributed by atoms with Crippen LogP contribution in [0.4, 0.5) is 31.1 Å². The van der Waals surface area contributed by atoms with Gasteiger partial charge < -0.3 is 4.74 Å². The molecule has 0 spiro atoms. The maximum atomic E-state index is 13.4. The van der Waals surface area contributed by atoms with Gasteiger partial charge >= 0.3 is 18.4 Å². The molecule has 0 amide bonds. The van der Waals surface area contributed by atoms with Crippen molar-refractivity contribution in [1.82, 2.24) is 14.8 Å². The van der Waals surface area contributed by atoms with Gasteiger partial charge in [0.25, 0.3) is 0 Å². The zero-order valence-corrected chi connectivity index (χ0v) is 14.4. The fourth-order valence-electron chi connectivity index (χ4n) is 1.77. The average molecular weight is 409 g/mol. The summed E-state index contributed by atoms with van der Waals surface area (Å²) in [5.41, 5.74) is -1.26. The van der Waals surface area contributed by atoms with Crippen LogP contribution in [0.25, 0.3) is 17.6 Å². The Kier molecular flexibility index (Phi) is 7.89. The lowest BCUT2D eigenvalue weighted by Gasteiger charge is -2.07. The van der Waals surface area contributed by atoms with E-state index in [-0.39, 0.29) is 17.5 Å². The maximum Gasteiger partial charge on any atom is 0.483 e. The summed E-state index contributed by atoms with van der Waals surface area (Å²) in [7, 11) is 0. The van der Waals surface area contributed by atoms with Gasteiger partial charge in [0.1, 0.15) is 12.1 Å². The lowest BCUT2D eigenvalue weighted by Crippen LogP contribution is -2.08. The van der Waals surface area contributed by atoms with Crippen molar-refractivity contribution in [2.45, 2.75) is 26.1 Å². The standard InChI is InChI=1S/C15H13F4N3O2.CF2O/c1-9(2)24-13(23)3-4-22-8-20-14(21-22)10-5-11(15(17,18)19)7-12(16)6-10;2-1(3)4/h3-9H,1-2H3;/b4-3-;. The Balaban J connectivity index is 0.000000892. The van der Waals surface area contributed by atoms with E-state index in [1.165, 1.54) is 12.5 Å². The Morgan fingerprint density at radius 3 is 2.32 bits per heavy atom. The van der Waals surface area contributed by atoms with Crippen molar-refractivity contribution in [3.63, 3.8) is 0 Å². The molecule has 0 saturated carbocycles. The summed E-state index contributed by atoms with van der Waals surface area (Å²) >= 11 is 0. The Labute approximate surface area is 154 Å². The fourth-order valence-corrected chi connectivity index (χ4v) is 1.77. The molecule has 2 rings (SSSR count). The molecule has 1 heterocycles. The van der Waals surface area contributed by atoms with Crippen LogP contribution in [0.15, 0.2) is 30.6 Å². The SMILES string of the molecule is CC(C)OC(=O)/C=C\n1cnc(-c2cc(F)cc(C(F)(F)F)c2)n1.O=C(F)F. The third-order valence-corrected chi connectivity index (χ3v) is 2.71. The van der Waals surface area contributed by atoms with Crippen LogP contribution in [-0.2, 0) is 15.7 Å². The van der Waals surface area contributed by atoms with Crippen LogP contribution in [0, 0.1) is 5.82 Å². The number of halogens is 6. The number of esters is 1. The topological polar surface area (TPSA) is 74.1 Å². The molecule has 0 atom stereocenters. The molecule has 12 heteroatoms. The normalized spacial score (nSPS) is 11.3. The molecule has 6 nitrogen and oxygen atoms in total. The zero-order chi connectivity index (χ0) is 21.5. The summed E-state index contributed by atoms with van der Waals surface area (Å²) in [5.74, 6) is -1.76. The lowest BCUT2D eigenvalue weighted by atomic mass is 10.1. The van der Waals surface area contributed by atoms with Gasteiger partial charge in [-0.15, -0.1) is 13.9 Å². The molecule has 28 heavy (non-hydrogen) atoms. The van der Waals surface area contributed by atoms with Crippen molar-refractivity contribution in [3.8, 4) is 11.4 Å². The van der Waals surface area contributed by atoms with Gasteiger partial charge in [0.2, 0.25) is 0 Å². The van der Waals surface area contributed by atoms with Gasteiger partial charge in [-0.05, 0) is 32.0 Å². The third-order valence-electron chi connectivity index (χ3n) is 2.71. The molecule has 0 bridgehead atoms. The minimum absolute atomic E-state index is 0.109. The van der Waals surface area contributed by atoms with Crippen molar-refractivity contribution in [2.24, 2.45) is 0 Å². The molecule has 0 radical (unpaired) electrons. The first-order valence-electron chi connectivity index (χ1n) is 7.41. The summed E-state index contributed by atoms with van der Waals surface area (Å²) in [6.45, 7) is 3.36. The van der Waals surface area contributed by atoms with Crippen molar-refractivity contribution >= 4 is 18.5 Å². The lowest BCUT2D eigenvalue weighted by molar-refractivity contribution is -0.141. The van der Waals surface area contributed by atoms with Crippen molar-refractivity contribution in [2.75, 3.05) is 0 Å². The molecule has 0 aliphatic rings. The van der Waals surface area contributed by atoms with E-state index in [1.807, 2.05) is 0 Å². The highest BCUT2D eigenvalue weighted by Gasteiger charge is 2.31. The average Bonchev–Trinajstić information content (AvgIpc) is 2.99. The zero-order valence-electron chi connectivity index (χ0n) is 14.4. The van der Waals surface area contributed by atoms with E-state index >= 15 is 0 Å². The van der Waals surface area contributed by atoms with E-state index in [1.54, 1.807) is 13.8 Å². The Bertz CT molecular complexity index is 858. The molecular weight excluding hydrogens is 396 g/mol. The first kappa shape index (κ1) is 22.9.